The molecule has 0 bridgehead atoms. The molecule has 2 amide bonds. The molecule has 0 saturated carbocycles. The van der Waals surface area contributed by atoms with Crippen molar-refractivity contribution in [3.8, 4) is 5.75 Å². The van der Waals surface area contributed by atoms with Crippen LogP contribution in [0.15, 0.2) is 78.9 Å². The summed E-state index contributed by atoms with van der Waals surface area (Å²) < 4.78 is 5.28. The third kappa shape index (κ3) is 3.16. The first-order valence-corrected chi connectivity index (χ1v) is 10.2. The third-order valence-corrected chi connectivity index (χ3v) is 5.88. The molecule has 0 radical (unpaired) electrons. The molecule has 2 fully saturated rings. The average molecular weight is 414 g/mol. The number of amides is 2. The Hall–Kier alpha value is -3.64. The molecule has 3 aromatic rings. The van der Waals surface area contributed by atoms with Crippen molar-refractivity contribution in [2.24, 2.45) is 5.92 Å². The minimum absolute atomic E-state index is 0.252. The highest BCUT2D eigenvalue weighted by molar-refractivity contribution is 6.23. The number of aryl methyl sites for hydroxylation is 1. The van der Waals surface area contributed by atoms with Crippen LogP contribution in [-0.2, 0) is 14.4 Å². The molecule has 5 rings (SSSR count). The second kappa shape index (κ2) is 7.56. The van der Waals surface area contributed by atoms with E-state index in [1.807, 2.05) is 73.7 Å². The molecule has 0 N–H and O–H groups in total. The van der Waals surface area contributed by atoms with Crippen molar-refractivity contribution in [1.29, 1.82) is 0 Å². The Labute approximate surface area is 180 Å². The number of rotatable bonds is 4. The SMILES string of the molecule is COc1ccc([C@H]2[C@H]3C(=O)N(c4ccc(C)cc4)C(=O)[C@@H]3ON2c2ccccc2)cc1. The standard InChI is InChI=1S/C25H22N2O4/c1-16-8-12-18(13-9-16)26-24(28)21-22(17-10-14-20(30-2)15-11-17)27(31-23(21)25(26)29)19-6-4-3-5-7-19/h3-15,21-23H,1-2H3/t21-,22+,23-/m1/s1. The Morgan fingerprint density at radius 2 is 1.48 bits per heavy atom. The van der Waals surface area contributed by atoms with E-state index in [1.54, 1.807) is 24.3 Å². The molecule has 6 nitrogen and oxygen atoms in total. The first kappa shape index (κ1) is 19.3. The Kier molecular flexibility index (Phi) is 4.71. The van der Waals surface area contributed by atoms with Gasteiger partial charge in [0.2, 0.25) is 5.91 Å². The van der Waals surface area contributed by atoms with Gasteiger partial charge in [0.25, 0.3) is 5.91 Å². The van der Waals surface area contributed by atoms with E-state index in [2.05, 4.69) is 0 Å². The molecule has 6 heteroatoms. The molecule has 156 valence electrons. The fraction of sp³-hybridized carbons (Fsp3) is 0.200. The lowest BCUT2D eigenvalue weighted by atomic mass is 9.90. The normalized spacial score (nSPS) is 22.7. The van der Waals surface area contributed by atoms with E-state index in [0.29, 0.717) is 5.69 Å². The van der Waals surface area contributed by atoms with E-state index in [1.165, 1.54) is 4.90 Å². The summed E-state index contributed by atoms with van der Waals surface area (Å²) in [6.07, 6.45) is -0.874. The van der Waals surface area contributed by atoms with E-state index < -0.39 is 18.1 Å². The number of fused-ring (bicyclic) bond motifs is 1. The molecule has 0 aromatic heterocycles. The Balaban J connectivity index is 1.57. The predicted octanol–water partition coefficient (Wildman–Crippen LogP) is 4.05. The highest BCUT2D eigenvalue weighted by Crippen LogP contribution is 2.47. The van der Waals surface area contributed by atoms with Gasteiger partial charge in [0.15, 0.2) is 6.10 Å². The lowest BCUT2D eigenvalue weighted by Gasteiger charge is -2.28. The lowest BCUT2D eigenvalue weighted by Crippen LogP contribution is -2.37. The second-order valence-electron chi connectivity index (χ2n) is 7.78. The molecular weight excluding hydrogens is 392 g/mol. The maximum Gasteiger partial charge on any atom is 0.266 e. The third-order valence-electron chi connectivity index (χ3n) is 5.88. The fourth-order valence-electron chi connectivity index (χ4n) is 4.30. The summed E-state index contributed by atoms with van der Waals surface area (Å²) in [4.78, 5) is 34.2. The number of carbonyl (C=O) groups excluding carboxylic acids is 2. The zero-order valence-electron chi connectivity index (χ0n) is 17.3. The van der Waals surface area contributed by atoms with Crippen molar-refractivity contribution in [2.75, 3.05) is 17.1 Å². The van der Waals surface area contributed by atoms with E-state index in [4.69, 9.17) is 9.57 Å². The molecule has 2 heterocycles. The molecule has 0 spiro atoms. The second-order valence-corrected chi connectivity index (χ2v) is 7.78. The van der Waals surface area contributed by atoms with Crippen molar-refractivity contribution < 1.29 is 19.2 Å². The first-order chi connectivity index (χ1) is 15.1. The molecule has 0 unspecified atom stereocenters. The zero-order valence-corrected chi connectivity index (χ0v) is 17.3. The largest absolute Gasteiger partial charge is 0.497 e. The number of carbonyl (C=O) groups is 2. The van der Waals surface area contributed by atoms with Crippen LogP contribution in [0.2, 0.25) is 0 Å². The van der Waals surface area contributed by atoms with Gasteiger partial charge in [0, 0.05) is 0 Å². The number of nitrogens with zero attached hydrogens (tertiary/aromatic N) is 2. The highest BCUT2D eigenvalue weighted by atomic mass is 16.7. The Bertz CT molecular complexity index is 1110. The van der Waals surface area contributed by atoms with Gasteiger partial charge in [-0.1, -0.05) is 48.0 Å². The summed E-state index contributed by atoms with van der Waals surface area (Å²) in [5.41, 5.74) is 3.30. The Morgan fingerprint density at radius 3 is 2.13 bits per heavy atom. The van der Waals surface area contributed by atoms with Gasteiger partial charge in [-0.3, -0.25) is 14.4 Å². The number of methoxy groups -OCH3 is 1. The number of para-hydroxylation sites is 1. The fourth-order valence-corrected chi connectivity index (χ4v) is 4.30. The number of imide groups is 1. The van der Waals surface area contributed by atoms with E-state index >= 15 is 0 Å². The lowest BCUT2D eigenvalue weighted by molar-refractivity contribution is -0.126. The van der Waals surface area contributed by atoms with Crippen LogP contribution in [0.5, 0.6) is 5.75 Å². The van der Waals surface area contributed by atoms with Crippen LogP contribution < -0.4 is 14.7 Å². The first-order valence-electron chi connectivity index (χ1n) is 10.2. The quantitative estimate of drug-likeness (QED) is 0.603. The van der Waals surface area contributed by atoms with Gasteiger partial charge in [-0.15, -0.1) is 0 Å². The van der Waals surface area contributed by atoms with Crippen molar-refractivity contribution in [1.82, 2.24) is 0 Å². The summed E-state index contributed by atoms with van der Waals surface area (Å²) in [6, 6.07) is 24.0. The van der Waals surface area contributed by atoms with Crippen LogP contribution in [-0.4, -0.2) is 25.0 Å². The summed E-state index contributed by atoms with van der Waals surface area (Å²) in [7, 11) is 1.61. The number of hydrogen-bond donors (Lipinski definition) is 0. The van der Waals surface area contributed by atoms with Crippen molar-refractivity contribution in [3.05, 3.63) is 90.0 Å². The van der Waals surface area contributed by atoms with Crippen LogP contribution in [0.4, 0.5) is 11.4 Å². The summed E-state index contributed by atoms with van der Waals surface area (Å²) in [6.45, 7) is 1.96. The zero-order chi connectivity index (χ0) is 21.5. The summed E-state index contributed by atoms with van der Waals surface area (Å²) in [5.74, 6) is -0.517. The smallest absolute Gasteiger partial charge is 0.266 e. The molecule has 31 heavy (non-hydrogen) atoms. The maximum absolute atomic E-state index is 13.5. The van der Waals surface area contributed by atoms with Crippen molar-refractivity contribution >= 4 is 23.2 Å². The summed E-state index contributed by atoms with van der Waals surface area (Å²) in [5, 5.41) is 1.69. The van der Waals surface area contributed by atoms with Crippen LogP contribution in [0, 0.1) is 12.8 Å². The van der Waals surface area contributed by atoms with Gasteiger partial charge >= 0.3 is 0 Å². The number of anilines is 2. The highest BCUT2D eigenvalue weighted by Gasteiger charge is 2.60. The van der Waals surface area contributed by atoms with Gasteiger partial charge in [0.1, 0.15) is 11.7 Å². The van der Waals surface area contributed by atoms with E-state index in [9.17, 15) is 9.59 Å². The topological polar surface area (TPSA) is 59.1 Å². The van der Waals surface area contributed by atoms with Gasteiger partial charge in [0.05, 0.1) is 24.5 Å². The molecular formula is C25H22N2O4. The van der Waals surface area contributed by atoms with Crippen molar-refractivity contribution in [2.45, 2.75) is 19.1 Å². The van der Waals surface area contributed by atoms with Gasteiger partial charge < -0.3 is 4.74 Å². The number of hydrogen-bond acceptors (Lipinski definition) is 5. The molecule has 3 atom stereocenters. The van der Waals surface area contributed by atoms with Crippen LogP contribution in [0.25, 0.3) is 0 Å². The maximum atomic E-state index is 13.5. The minimum Gasteiger partial charge on any atom is -0.497 e. The van der Waals surface area contributed by atoms with E-state index in [-0.39, 0.29) is 11.8 Å². The van der Waals surface area contributed by atoms with Crippen molar-refractivity contribution in [3.63, 3.8) is 0 Å². The van der Waals surface area contributed by atoms with Gasteiger partial charge in [-0.25, -0.2) is 9.96 Å². The molecule has 2 saturated heterocycles. The van der Waals surface area contributed by atoms with Crippen LogP contribution in [0.3, 0.4) is 0 Å². The van der Waals surface area contributed by atoms with Gasteiger partial charge in [-0.05, 0) is 48.9 Å². The average Bonchev–Trinajstić information content (AvgIpc) is 3.31. The molecule has 2 aliphatic rings. The van der Waals surface area contributed by atoms with Crippen LogP contribution in [0.1, 0.15) is 17.2 Å². The molecule has 2 aliphatic heterocycles. The monoisotopic (exact) mass is 414 g/mol. The predicted molar refractivity (Wildman–Crippen MR) is 117 cm³/mol. The number of benzene rings is 3. The minimum atomic E-state index is -0.874. The number of ether oxygens (including phenoxy) is 1. The van der Waals surface area contributed by atoms with Gasteiger partial charge in [-0.2, -0.15) is 0 Å². The molecule has 0 aliphatic carbocycles. The molecule has 3 aromatic carbocycles. The Morgan fingerprint density at radius 1 is 0.806 bits per heavy atom. The van der Waals surface area contributed by atoms with E-state index in [0.717, 1.165) is 22.6 Å². The summed E-state index contributed by atoms with van der Waals surface area (Å²) >= 11 is 0. The number of hydroxylamine groups is 1. The van der Waals surface area contributed by atoms with Crippen LogP contribution >= 0.6 is 0 Å².